The van der Waals surface area contributed by atoms with Crippen molar-refractivity contribution in [3.63, 3.8) is 0 Å². The second-order valence-corrected chi connectivity index (χ2v) is 10.2. The van der Waals surface area contributed by atoms with E-state index in [0.29, 0.717) is 26.2 Å². The minimum Gasteiger partial charge on any atom is -0.397 e. The molecular weight excluding hydrogens is 388 g/mol. The number of amides is 1. The van der Waals surface area contributed by atoms with Crippen LogP contribution in [-0.4, -0.2) is 70.7 Å². The van der Waals surface area contributed by atoms with Gasteiger partial charge in [0.2, 0.25) is 6.23 Å². The average molecular weight is 436 g/mol. The fourth-order valence-corrected chi connectivity index (χ4v) is 6.99. The van der Waals surface area contributed by atoms with Crippen LogP contribution in [0.1, 0.15) is 81.1 Å². The zero-order valence-corrected chi connectivity index (χ0v) is 21.2. The lowest BCUT2D eigenvalue weighted by molar-refractivity contribution is -0.967. The highest BCUT2D eigenvalue weighted by Crippen LogP contribution is 2.21. The van der Waals surface area contributed by atoms with Crippen molar-refractivity contribution >= 4 is 14.9 Å². The van der Waals surface area contributed by atoms with Crippen molar-refractivity contribution in [3.05, 3.63) is 0 Å². The van der Waals surface area contributed by atoms with Crippen molar-refractivity contribution in [2.75, 3.05) is 39.5 Å². The summed E-state index contributed by atoms with van der Waals surface area (Å²) in [5, 5.41) is 3.01. The third-order valence-corrected chi connectivity index (χ3v) is 8.70. The van der Waals surface area contributed by atoms with Crippen LogP contribution in [0.4, 0.5) is 4.79 Å². The van der Waals surface area contributed by atoms with E-state index in [2.05, 4.69) is 26.1 Å². The standard InChI is InChI=1S/C21H46N2O5Si/c1-9-16-23(17-10-2,18-11-3)19(8)28-21(24)22-20(12-4)29(25-13-5,26-14-6)27-15-7/h19-20H,9-18H2,1-8H3/p+1. The minimum absolute atomic E-state index is 0.213. The number of hydrogen-bond acceptors (Lipinski definition) is 5. The normalized spacial score (nSPS) is 14.5. The van der Waals surface area contributed by atoms with Crippen LogP contribution in [0.2, 0.25) is 0 Å². The van der Waals surface area contributed by atoms with E-state index in [0.717, 1.165) is 43.4 Å². The molecule has 0 spiro atoms. The summed E-state index contributed by atoms with van der Waals surface area (Å²) in [6.45, 7) is 20.7. The van der Waals surface area contributed by atoms with E-state index in [-0.39, 0.29) is 11.9 Å². The summed E-state index contributed by atoms with van der Waals surface area (Å²) in [6.07, 6.45) is 3.18. The van der Waals surface area contributed by atoms with Crippen molar-refractivity contribution in [2.24, 2.45) is 0 Å². The molecule has 0 heterocycles. The fraction of sp³-hybridized carbons (Fsp3) is 0.952. The number of carbonyl (C=O) groups is 1. The Bertz CT molecular complexity index is 405. The Morgan fingerprint density at radius 2 is 1.24 bits per heavy atom. The predicted octanol–water partition coefficient (Wildman–Crippen LogP) is 4.47. The summed E-state index contributed by atoms with van der Waals surface area (Å²) in [4.78, 5) is 12.9. The number of nitrogens with zero attached hydrogens (tertiary/aromatic N) is 1. The first-order valence-corrected chi connectivity index (χ1v) is 13.4. The second kappa shape index (κ2) is 15.2. The van der Waals surface area contributed by atoms with Gasteiger partial charge in [0.05, 0.1) is 19.6 Å². The van der Waals surface area contributed by atoms with Crippen molar-refractivity contribution in [1.82, 2.24) is 5.32 Å². The van der Waals surface area contributed by atoms with Gasteiger partial charge in [-0.05, 0) is 46.5 Å². The van der Waals surface area contributed by atoms with Gasteiger partial charge >= 0.3 is 14.9 Å². The van der Waals surface area contributed by atoms with E-state index >= 15 is 0 Å². The highest BCUT2D eigenvalue weighted by molar-refractivity contribution is 6.62. The smallest absolute Gasteiger partial charge is 0.397 e. The molecule has 1 amide bonds. The lowest BCUT2D eigenvalue weighted by atomic mass is 10.2. The van der Waals surface area contributed by atoms with Gasteiger partial charge in [0, 0.05) is 26.7 Å². The maximum atomic E-state index is 12.9. The molecule has 0 aliphatic heterocycles. The minimum atomic E-state index is -3.05. The molecule has 0 aliphatic rings. The third kappa shape index (κ3) is 8.53. The first kappa shape index (κ1) is 28.3. The summed E-state index contributed by atoms with van der Waals surface area (Å²) < 4.78 is 24.6. The van der Waals surface area contributed by atoms with Crippen molar-refractivity contribution < 1.29 is 27.3 Å². The zero-order valence-electron chi connectivity index (χ0n) is 20.2. The maximum Gasteiger partial charge on any atom is 0.524 e. The Balaban J connectivity index is 5.41. The molecule has 0 bridgehead atoms. The SMILES string of the molecule is CCC[N+](CCC)(CCC)C(C)OC(=O)NC(CC)[Si](OCC)(OCC)OCC. The van der Waals surface area contributed by atoms with Crippen LogP contribution < -0.4 is 5.32 Å². The van der Waals surface area contributed by atoms with Crippen molar-refractivity contribution in [3.8, 4) is 0 Å². The van der Waals surface area contributed by atoms with E-state index in [4.69, 9.17) is 18.0 Å². The maximum absolute atomic E-state index is 12.9. The van der Waals surface area contributed by atoms with E-state index in [1.165, 1.54) is 0 Å². The number of carbonyl (C=O) groups excluding carboxylic acids is 1. The fourth-order valence-electron chi connectivity index (χ4n) is 4.13. The predicted molar refractivity (Wildman–Crippen MR) is 120 cm³/mol. The van der Waals surface area contributed by atoms with Gasteiger partial charge in [-0.3, -0.25) is 4.48 Å². The van der Waals surface area contributed by atoms with Gasteiger partial charge in [0.1, 0.15) is 5.67 Å². The molecule has 0 aromatic carbocycles. The molecule has 2 atom stereocenters. The molecule has 1 N–H and O–H groups in total. The van der Waals surface area contributed by atoms with E-state index in [9.17, 15) is 4.79 Å². The molecule has 0 radical (unpaired) electrons. The van der Waals surface area contributed by atoms with Gasteiger partial charge in [0.25, 0.3) is 0 Å². The Hall–Kier alpha value is -0.673. The molecule has 0 fully saturated rings. The number of ether oxygens (including phenoxy) is 1. The average Bonchev–Trinajstić information content (AvgIpc) is 2.67. The molecule has 0 aromatic heterocycles. The van der Waals surface area contributed by atoms with Crippen LogP contribution in [0, 0.1) is 0 Å². The Morgan fingerprint density at radius 1 is 0.828 bits per heavy atom. The molecule has 29 heavy (non-hydrogen) atoms. The van der Waals surface area contributed by atoms with Crippen LogP contribution in [0.25, 0.3) is 0 Å². The molecule has 0 aliphatic carbocycles. The number of quaternary nitrogens is 1. The van der Waals surface area contributed by atoms with Crippen LogP contribution >= 0.6 is 0 Å². The highest BCUT2D eigenvalue weighted by Gasteiger charge is 2.50. The van der Waals surface area contributed by atoms with Crippen LogP contribution in [0.5, 0.6) is 0 Å². The second-order valence-electron chi connectivity index (χ2n) is 7.40. The topological polar surface area (TPSA) is 66.0 Å². The van der Waals surface area contributed by atoms with E-state index < -0.39 is 14.9 Å². The number of alkyl carbamates (subject to hydrolysis) is 1. The first-order valence-electron chi connectivity index (χ1n) is 11.6. The van der Waals surface area contributed by atoms with E-state index in [1.807, 2.05) is 34.6 Å². The zero-order chi connectivity index (χ0) is 22.3. The molecule has 0 saturated carbocycles. The Morgan fingerprint density at radius 3 is 1.55 bits per heavy atom. The summed E-state index contributed by atoms with van der Waals surface area (Å²) in [5.74, 6) is 0. The highest BCUT2D eigenvalue weighted by atomic mass is 28.4. The van der Waals surface area contributed by atoms with Gasteiger partial charge < -0.3 is 23.3 Å². The quantitative estimate of drug-likeness (QED) is 0.207. The Labute approximate surface area is 180 Å². The lowest BCUT2D eigenvalue weighted by Gasteiger charge is -2.42. The lowest BCUT2D eigenvalue weighted by Crippen LogP contribution is -2.64. The molecule has 0 saturated heterocycles. The molecule has 8 heteroatoms. The molecule has 7 nitrogen and oxygen atoms in total. The largest absolute Gasteiger partial charge is 0.524 e. The van der Waals surface area contributed by atoms with Crippen molar-refractivity contribution in [2.45, 2.75) is 93.0 Å². The summed E-state index contributed by atoms with van der Waals surface area (Å²) in [6, 6.07) is 0. The van der Waals surface area contributed by atoms with Gasteiger partial charge in [-0.25, -0.2) is 4.79 Å². The summed E-state index contributed by atoms with van der Waals surface area (Å²) >= 11 is 0. The monoisotopic (exact) mass is 435 g/mol. The molecule has 174 valence electrons. The van der Waals surface area contributed by atoms with Crippen LogP contribution in [0.15, 0.2) is 0 Å². The van der Waals surface area contributed by atoms with Gasteiger partial charge in [-0.1, -0.05) is 27.7 Å². The van der Waals surface area contributed by atoms with E-state index in [1.54, 1.807) is 0 Å². The van der Waals surface area contributed by atoms with Crippen LogP contribution in [-0.2, 0) is 18.0 Å². The van der Waals surface area contributed by atoms with Gasteiger partial charge in [-0.2, -0.15) is 0 Å². The third-order valence-electron chi connectivity index (χ3n) is 5.22. The summed E-state index contributed by atoms with van der Waals surface area (Å²) in [5.41, 5.74) is -0.340. The van der Waals surface area contributed by atoms with Gasteiger partial charge in [0.15, 0.2) is 0 Å². The Kier molecular flexibility index (Phi) is 14.8. The number of hydrogen-bond donors (Lipinski definition) is 1. The summed E-state index contributed by atoms with van der Waals surface area (Å²) in [7, 11) is -3.05. The molecular formula is C21H47N2O5Si+. The number of nitrogens with one attached hydrogen (secondary N) is 1. The van der Waals surface area contributed by atoms with Crippen molar-refractivity contribution in [1.29, 1.82) is 0 Å². The van der Waals surface area contributed by atoms with Gasteiger partial charge in [-0.15, -0.1) is 0 Å². The van der Waals surface area contributed by atoms with Crippen LogP contribution in [0.3, 0.4) is 0 Å². The molecule has 2 unspecified atom stereocenters. The first-order chi connectivity index (χ1) is 13.8. The number of rotatable bonds is 17. The molecule has 0 aromatic rings. The molecule has 0 rings (SSSR count).